The Labute approximate surface area is 191 Å². The zero-order valence-corrected chi connectivity index (χ0v) is 19.5. The Kier molecular flexibility index (Phi) is 10.1. The first kappa shape index (κ1) is 24.4. The van der Waals surface area contributed by atoms with E-state index in [-0.39, 0.29) is 12.6 Å². The normalized spacial score (nSPS) is 15.5. The number of pyridine rings is 1. The third kappa shape index (κ3) is 7.12. The molecule has 1 atom stereocenters. The van der Waals surface area contributed by atoms with E-state index >= 15 is 0 Å². The lowest BCUT2D eigenvalue weighted by molar-refractivity contribution is 0.0342. The van der Waals surface area contributed by atoms with Gasteiger partial charge in [-0.2, -0.15) is 4.98 Å². The molecule has 176 valence electrons. The minimum atomic E-state index is 0.197. The highest BCUT2D eigenvalue weighted by atomic mass is 16.5. The summed E-state index contributed by atoms with van der Waals surface area (Å²) in [6.45, 7) is 9.59. The number of aliphatic hydroxyl groups is 1. The predicted octanol–water partition coefficient (Wildman–Crippen LogP) is 3.55. The summed E-state index contributed by atoms with van der Waals surface area (Å²) in [4.78, 5) is 16.6. The lowest BCUT2D eigenvalue weighted by Crippen LogP contribution is -2.35. The number of aliphatic hydroxyl groups excluding tert-OH is 1. The average Bonchev–Trinajstić information content (AvgIpc) is 2.83. The van der Waals surface area contributed by atoms with Crippen LogP contribution >= 0.6 is 0 Å². The van der Waals surface area contributed by atoms with Crippen molar-refractivity contribution in [3.05, 3.63) is 30.1 Å². The van der Waals surface area contributed by atoms with Gasteiger partial charge in [0, 0.05) is 51.2 Å². The quantitative estimate of drug-likeness (QED) is 0.406. The number of anilines is 2. The van der Waals surface area contributed by atoms with Crippen molar-refractivity contribution >= 4 is 11.8 Å². The summed E-state index contributed by atoms with van der Waals surface area (Å²) in [5, 5.41) is 16.2. The molecule has 0 aliphatic carbocycles. The Morgan fingerprint density at radius 3 is 2.78 bits per heavy atom. The van der Waals surface area contributed by atoms with Gasteiger partial charge in [-0.3, -0.25) is 9.88 Å². The first-order valence-corrected chi connectivity index (χ1v) is 12.0. The van der Waals surface area contributed by atoms with Crippen LogP contribution in [0.1, 0.15) is 51.5 Å². The molecule has 1 aliphatic rings. The van der Waals surface area contributed by atoms with Crippen molar-refractivity contribution in [1.29, 1.82) is 0 Å². The molecule has 0 bridgehead atoms. The number of nitrogens with zero attached hydrogens (tertiary/aromatic N) is 4. The maximum atomic E-state index is 9.28. The van der Waals surface area contributed by atoms with Crippen molar-refractivity contribution < 1.29 is 9.84 Å². The smallest absolute Gasteiger partial charge is 0.224 e. The maximum Gasteiger partial charge on any atom is 0.224 e. The van der Waals surface area contributed by atoms with Crippen LogP contribution in [0.5, 0.6) is 0 Å². The van der Waals surface area contributed by atoms with Crippen molar-refractivity contribution in [1.82, 2.24) is 19.9 Å². The first-order valence-electron chi connectivity index (χ1n) is 12.0. The Balaban J connectivity index is 1.90. The van der Waals surface area contributed by atoms with Gasteiger partial charge in [-0.25, -0.2) is 4.98 Å². The molecule has 2 aromatic heterocycles. The second kappa shape index (κ2) is 13.3. The number of aromatic nitrogens is 3. The van der Waals surface area contributed by atoms with Gasteiger partial charge in [0.1, 0.15) is 5.82 Å². The SMILES string of the molecule is CCCCNc1ncc(-c2ncccc2CN2CCOCC2)c(NC(CC)CCCO)n1. The molecular formula is C24H38N6O2. The third-order valence-electron chi connectivity index (χ3n) is 5.79. The van der Waals surface area contributed by atoms with E-state index in [1.165, 1.54) is 0 Å². The highest BCUT2D eigenvalue weighted by molar-refractivity contribution is 5.75. The zero-order chi connectivity index (χ0) is 22.6. The summed E-state index contributed by atoms with van der Waals surface area (Å²) >= 11 is 0. The number of hydrogen-bond donors (Lipinski definition) is 3. The third-order valence-corrected chi connectivity index (χ3v) is 5.79. The van der Waals surface area contributed by atoms with E-state index in [9.17, 15) is 5.11 Å². The summed E-state index contributed by atoms with van der Waals surface area (Å²) in [5.74, 6) is 1.43. The Hall–Kier alpha value is -2.29. The van der Waals surface area contributed by atoms with Gasteiger partial charge in [0.05, 0.1) is 24.5 Å². The molecule has 1 unspecified atom stereocenters. The molecule has 3 rings (SSSR count). The molecular weight excluding hydrogens is 404 g/mol. The van der Waals surface area contributed by atoms with Crippen LogP contribution in [0, 0.1) is 0 Å². The van der Waals surface area contributed by atoms with E-state index in [1.54, 1.807) is 0 Å². The molecule has 1 aliphatic heterocycles. The molecule has 8 heteroatoms. The number of morpholine rings is 1. The summed E-state index contributed by atoms with van der Waals surface area (Å²) < 4.78 is 5.50. The molecule has 1 fully saturated rings. The molecule has 0 radical (unpaired) electrons. The van der Waals surface area contributed by atoms with Gasteiger partial charge in [-0.15, -0.1) is 0 Å². The van der Waals surface area contributed by atoms with Gasteiger partial charge in [-0.1, -0.05) is 26.3 Å². The first-order chi connectivity index (χ1) is 15.7. The fourth-order valence-corrected chi connectivity index (χ4v) is 3.85. The highest BCUT2D eigenvalue weighted by Gasteiger charge is 2.19. The average molecular weight is 443 g/mol. The van der Waals surface area contributed by atoms with Gasteiger partial charge in [0.25, 0.3) is 0 Å². The monoisotopic (exact) mass is 442 g/mol. The Morgan fingerprint density at radius 2 is 2.03 bits per heavy atom. The van der Waals surface area contributed by atoms with Crippen LogP contribution < -0.4 is 10.6 Å². The van der Waals surface area contributed by atoms with E-state index in [0.29, 0.717) is 5.95 Å². The van der Waals surface area contributed by atoms with E-state index in [4.69, 9.17) is 14.7 Å². The Bertz CT molecular complexity index is 813. The van der Waals surface area contributed by atoms with Gasteiger partial charge in [-0.05, 0) is 37.3 Å². The van der Waals surface area contributed by atoms with Gasteiger partial charge >= 0.3 is 0 Å². The van der Waals surface area contributed by atoms with Crippen LogP contribution in [-0.2, 0) is 11.3 Å². The number of unbranched alkanes of at least 4 members (excludes halogenated alkanes) is 1. The minimum Gasteiger partial charge on any atom is -0.396 e. The van der Waals surface area contributed by atoms with E-state index in [2.05, 4.69) is 40.4 Å². The topological polar surface area (TPSA) is 95.4 Å². The molecule has 0 saturated carbocycles. The summed E-state index contributed by atoms with van der Waals surface area (Å²) in [7, 11) is 0. The summed E-state index contributed by atoms with van der Waals surface area (Å²) in [6, 6.07) is 4.35. The second-order valence-corrected chi connectivity index (χ2v) is 8.25. The summed E-state index contributed by atoms with van der Waals surface area (Å²) in [6.07, 6.45) is 8.51. The van der Waals surface area contributed by atoms with Gasteiger partial charge in [0.15, 0.2) is 0 Å². The molecule has 1 saturated heterocycles. The molecule has 0 spiro atoms. The zero-order valence-electron chi connectivity index (χ0n) is 19.5. The van der Waals surface area contributed by atoms with E-state index in [0.717, 1.165) is 94.1 Å². The minimum absolute atomic E-state index is 0.197. The van der Waals surface area contributed by atoms with Crippen LogP contribution in [0.2, 0.25) is 0 Å². The van der Waals surface area contributed by atoms with Crippen LogP contribution in [0.15, 0.2) is 24.5 Å². The standard InChI is InChI=1S/C24H38N6O2/c1-3-5-10-26-24-27-17-21(23(29-24)28-20(4-2)9-7-14-31)22-19(8-6-11-25-22)18-30-12-15-32-16-13-30/h6,8,11,17,20,31H,3-5,7,9-10,12-16,18H2,1-2H3,(H2,26,27,28,29). The van der Waals surface area contributed by atoms with Crippen molar-refractivity contribution in [2.45, 2.75) is 58.5 Å². The molecule has 0 aromatic carbocycles. The van der Waals surface area contributed by atoms with Crippen molar-refractivity contribution in [3.63, 3.8) is 0 Å². The van der Waals surface area contributed by atoms with Crippen molar-refractivity contribution in [2.24, 2.45) is 0 Å². The maximum absolute atomic E-state index is 9.28. The molecule has 8 nitrogen and oxygen atoms in total. The van der Waals surface area contributed by atoms with Crippen LogP contribution in [0.25, 0.3) is 11.3 Å². The summed E-state index contributed by atoms with van der Waals surface area (Å²) in [5.41, 5.74) is 2.99. The van der Waals surface area contributed by atoms with E-state index in [1.807, 2.05) is 18.5 Å². The second-order valence-electron chi connectivity index (χ2n) is 8.25. The number of hydrogen-bond acceptors (Lipinski definition) is 8. The van der Waals surface area contributed by atoms with Crippen LogP contribution in [0.3, 0.4) is 0 Å². The molecule has 3 N–H and O–H groups in total. The van der Waals surface area contributed by atoms with Gasteiger partial charge < -0.3 is 20.5 Å². The fraction of sp³-hybridized carbons (Fsp3) is 0.625. The largest absolute Gasteiger partial charge is 0.396 e. The van der Waals surface area contributed by atoms with Gasteiger partial charge in [0.2, 0.25) is 5.95 Å². The highest BCUT2D eigenvalue weighted by Crippen LogP contribution is 2.30. The number of rotatable bonds is 13. The number of nitrogens with one attached hydrogen (secondary N) is 2. The number of ether oxygens (including phenoxy) is 1. The molecule has 32 heavy (non-hydrogen) atoms. The Morgan fingerprint density at radius 1 is 1.19 bits per heavy atom. The molecule has 0 amide bonds. The predicted molar refractivity (Wildman–Crippen MR) is 129 cm³/mol. The van der Waals surface area contributed by atoms with E-state index < -0.39 is 0 Å². The molecule has 3 heterocycles. The van der Waals surface area contributed by atoms with Crippen LogP contribution in [0.4, 0.5) is 11.8 Å². The van der Waals surface area contributed by atoms with Crippen molar-refractivity contribution in [2.75, 3.05) is 50.1 Å². The van der Waals surface area contributed by atoms with Crippen LogP contribution in [-0.4, -0.2) is 70.5 Å². The molecule has 2 aromatic rings. The fourth-order valence-electron chi connectivity index (χ4n) is 3.85. The lowest BCUT2D eigenvalue weighted by Gasteiger charge is -2.27. The van der Waals surface area contributed by atoms with Crippen molar-refractivity contribution in [3.8, 4) is 11.3 Å². The lowest BCUT2D eigenvalue weighted by atomic mass is 10.1.